The summed E-state index contributed by atoms with van der Waals surface area (Å²) in [4.78, 5) is 26.8. The van der Waals surface area contributed by atoms with Crippen LogP contribution >= 0.6 is 0 Å². The molecule has 110 valence electrons. The van der Waals surface area contributed by atoms with Gasteiger partial charge in [-0.25, -0.2) is 14.6 Å². The first kappa shape index (κ1) is 14.4. The molecule has 2 N–H and O–H groups in total. The van der Waals surface area contributed by atoms with Crippen LogP contribution in [0.25, 0.3) is 0 Å². The Bertz CT molecular complexity index is 530. The molecule has 1 aliphatic heterocycles. The van der Waals surface area contributed by atoms with Gasteiger partial charge in [-0.15, -0.1) is 0 Å². The van der Waals surface area contributed by atoms with Crippen LogP contribution in [0.1, 0.15) is 56.0 Å². The molecule has 0 spiro atoms. The van der Waals surface area contributed by atoms with Crippen molar-refractivity contribution in [1.29, 1.82) is 0 Å². The molecule has 1 aromatic rings. The van der Waals surface area contributed by atoms with Gasteiger partial charge in [0.15, 0.2) is 5.69 Å². The number of rotatable bonds is 2. The number of aryl methyl sites for hydroxylation is 1. The number of amides is 1. The second-order valence-electron chi connectivity index (χ2n) is 5.82. The Labute approximate surface area is 116 Å². The minimum atomic E-state index is -1.07. The summed E-state index contributed by atoms with van der Waals surface area (Å²) in [5, 5.41) is 11.7. The van der Waals surface area contributed by atoms with Gasteiger partial charge in [-0.05, 0) is 33.6 Å². The van der Waals surface area contributed by atoms with Crippen molar-refractivity contribution >= 4 is 12.1 Å². The molecule has 0 bridgehead atoms. The lowest BCUT2D eigenvalue weighted by molar-refractivity contribution is 0.0493. The number of aromatic nitrogens is 2. The van der Waals surface area contributed by atoms with E-state index in [4.69, 9.17) is 9.84 Å². The van der Waals surface area contributed by atoms with Gasteiger partial charge in [-0.3, -0.25) is 0 Å². The lowest BCUT2D eigenvalue weighted by Gasteiger charge is -2.26. The molecule has 1 amide bonds. The van der Waals surface area contributed by atoms with E-state index >= 15 is 0 Å². The summed E-state index contributed by atoms with van der Waals surface area (Å²) < 4.78 is 6.98. The van der Waals surface area contributed by atoms with Crippen molar-refractivity contribution in [3.8, 4) is 0 Å². The summed E-state index contributed by atoms with van der Waals surface area (Å²) in [5.74, 6) is -0.498. The average molecular weight is 281 g/mol. The molecule has 2 heterocycles. The number of nitrogens with zero attached hydrogens (tertiary/aromatic N) is 2. The predicted octanol–water partition coefficient (Wildman–Crippen LogP) is 1.94. The van der Waals surface area contributed by atoms with E-state index in [1.165, 1.54) is 6.20 Å². The number of ether oxygens (including phenoxy) is 1. The molecule has 1 atom stereocenters. The molecular weight excluding hydrogens is 262 g/mol. The standard InChI is InChI=1S/C13H19N3O4/c1-13(2,3)20-12(19)15-8-5-4-6-16-7-9(11(17)18)14-10(8)16/h7-8H,4-6H2,1-3H3,(H,15,19)(H,17,18). The van der Waals surface area contributed by atoms with Crippen molar-refractivity contribution in [3.63, 3.8) is 0 Å². The predicted molar refractivity (Wildman–Crippen MR) is 70.5 cm³/mol. The minimum Gasteiger partial charge on any atom is -0.476 e. The number of carbonyl (C=O) groups excluding carboxylic acids is 1. The van der Waals surface area contributed by atoms with E-state index in [1.54, 1.807) is 25.3 Å². The number of carbonyl (C=O) groups is 2. The quantitative estimate of drug-likeness (QED) is 0.864. The summed E-state index contributed by atoms with van der Waals surface area (Å²) in [6.07, 6.45) is 2.55. The largest absolute Gasteiger partial charge is 0.476 e. The molecular formula is C13H19N3O4. The lowest BCUT2D eigenvalue weighted by Crippen LogP contribution is -2.37. The number of imidazole rings is 1. The number of alkyl carbamates (subject to hydrolysis) is 1. The Hall–Kier alpha value is -2.05. The zero-order valence-electron chi connectivity index (χ0n) is 11.8. The van der Waals surface area contributed by atoms with E-state index in [0.29, 0.717) is 12.4 Å². The number of nitrogens with one attached hydrogen (secondary N) is 1. The van der Waals surface area contributed by atoms with Crippen molar-refractivity contribution in [2.45, 2.75) is 51.8 Å². The number of hydrogen-bond donors (Lipinski definition) is 2. The van der Waals surface area contributed by atoms with Gasteiger partial charge in [0, 0.05) is 12.7 Å². The second kappa shape index (κ2) is 5.15. The monoisotopic (exact) mass is 281 g/mol. The molecule has 7 nitrogen and oxygen atoms in total. The molecule has 0 radical (unpaired) electrons. The van der Waals surface area contributed by atoms with Gasteiger partial charge in [-0.1, -0.05) is 0 Å². The van der Waals surface area contributed by atoms with Gasteiger partial charge in [0.25, 0.3) is 0 Å². The highest BCUT2D eigenvalue weighted by atomic mass is 16.6. The molecule has 1 aromatic heterocycles. The van der Waals surface area contributed by atoms with Crippen molar-refractivity contribution in [2.24, 2.45) is 0 Å². The summed E-state index contributed by atoms with van der Waals surface area (Å²) in [6, 6.07) is -0.313. The third-order valence-electron chi connectivity index (χ3n) is 2.92. The first-order valence-corrected chi connectivity index (χ1v) is 6.56. The molecule has 0 saturated carbocycles. The van der Waals surface area contributed by atoms with E-state index in [0.717, 1.165) is 12.8 Å². The summed E-state index contributed by atoms with van der Waals surface area (Å²) in [7, 11) is 0. The average Bonchev–Trinajstić information content (AvgIpc) is 2.71. The Balaban J connectivity index is 2.12. The van der Waals surface area contributed by atoms with Crippen molar-refractivity contribution < 1.29 is 19.4 Å². The fourth-order valence-electron chi connectivity index (χ4n) is 2.17. The van der Waals surface area contributed by atoms with Gasteiger partial charge in [0.05, 0.1) is 6.04 Å². The number of aromatic carboxylic acids is 1. The van der Waals surface area contributed by atoms with Gasteiger partial charge < -0.3 is 19.7 Å². The lowest BCUT2D eigenvalue weighted by atomic mass is 10.1. The maximum absolute atomic E-state index is 11.8. The maximum Gasteiger partial charge on any atom is 0.408 e. The van der Waals surface area contributed by atoms with Crippen molar-refractivity contribution in [1.82, 2.24) is 14.9 Å². The Morgan fingerprint density at radius 1 is 1.50 bits per heavy atom. The minimum absolute atomic E-state index is 0.00195. The Morgan fingerprint density at radius 2 is 2.20 bits per heavy atom. The molecule has 20 heavy (non-hydrogen) atoms. The molecule has 0 fully saturated rings. The van der Waals surface area contributed by atoms with Crippen molar-refractivity contribution in [2.75, 3.05) is 0 Å². The topological polar surface area (TPSA) is 93.5 Å². The number of fused-ring (bicyclic) bond motifs is 1. The molecule has 7 heteroatoms. The summed E-state index contributed by atoms with van der Waals surface area (Å²) >= 11 is 0. The maximum atomic E-state index is 11.8. The van der Waals surface area contributed by atoms with Crippen LogP contribution in [0.15, 0.2) is 6.20 Å². The molecule has 0 aliphatic carbocycles. The normalized spacial score (nSPS) is 18.2. The number of carboxylic acid groups (broad SMARTS) is 1. The second-order valence-corrected chi connectivity index (χ2v) is 5.82. The highest BCUT2D eigenvalue weighted by molar-refractivity contribution is 5.85. The van der Waals surface area contributed by atoms with E-state index < -0.39 is 17.7 Å². The van der Waals surface area contributed by atoms with Gasteiger partial charge >= 0.3 is 12.1 Å². The molecule has 2 rings (SSSR count). The molecule has 1 aliphatic rings. The van der Waals surface area contributed by atoms with Gasteiger partial charge in [0.2, 0.25) is 0 Å². The van der Waals surface area contributed by atoms with Crippen LogP contribution in [0.2, 0.25) is 0 Å². The Morgan fingerprint density at radius 3 is 2.80 bits per heavy atom. The first-order valence-electron chi connectivity index (χ1n) is 6.56. The number of carboxylic acids is 1. The summed E-state index contributed by atoms with van der Waals surface area (Å²) in [6.45, 7) is 6.08. The zero-order valence-corrected chi connectivity index (χ0v) is 11.8. The van der Waals surface area contributed by atoms with Crippen LogP contribution in [0, 0.1) is 0 Å². The Kier molecular flexibility index (Phi) is 3.69. The SMILES string of the molecule is CC(C)(C)OC(=O)NC1CCCn2cc(C(=O)O)nc21. The fourth-order valence-corrected chi connectivity index (χ4v) is 2.17. The van der Waals surface area contributed by atoms with E-state index in [9.17, 15) is 9.59 Å². The molecule has 1 unspecified atom stereocenters. The van der Waals surface area contributed by atoms with Crippen LogP contribution in [0.4, 0.5) is 4.79 Å². The van der Waals surface area contributed by atoms with Gasteiger partial charge in [0.1, 0.15) is 11.4 Å². The van der Waals surface area contributed by atoms with Crippen LogP contribution in [-0.2, 0) is 11.3 Å². The van der Waals surface area contributed by atoms with Gasteiger partial charge in [-0.2, -0.15) is 0 Å². The number of hydrogen-bond acceptors (Lipinski definition) is 4. The third-order valence-corrected chi connectivity index (χ3v) is 2.92. The van der Waals surface area contributed by atoms with Crippen molar-refractivity contribution in [3.05, 3.63) is 17.7 Å². The molecule has 0 aromatic carbocycles. The van der Waals surface area contributed by atoms with Crippen LogP contribution in [-0.4, -0.2) is 32.3 Å². The van der Waals surface area contributed by atoms with E-state index in [2.05, 4.69) is 10.3 Å². The van der Waals surface area contributed by atoms with Crippen LogP contribution in [0.3, 0.4) is 0 Å². The first-order chi connectivity index (χ1) is 9.26. The van der Waals surface area contributed by atoms with Crippen LogP contribution in [0.5, 0.6) is 0 Å². The molecule has 0 saturated heterocycles. The third kappa shape index (κ3) is 3.28. The highest BCUT2D eigenvalue weighted by Crippen LogP contribution is 2.25. The highest BCUT2D eigenvalue weighted by Gasteiger charge is 2.27. The fraction of sp³-hybridized carbons (Fsp3) is 0.615. The van der Waals surface area contributed by atoms with E-state index in [1.807, 2.05) is 0 Å². The van der Waals surface area contributed by atoms with E-state index in [-0.39, 0.29) is 11.7 Å². The zero-order chi connectivity index (χ0) is 14.9. The summed E-state index contributed by atoms with van der Waals surface area (Å²) in [5.41, 5.74) is -0.571. The van der Waals surface area contributed by atoms with Crippen LogP contribution < -0.4 is 5.32 Å². The smallest absolute Gasteiger partial charge is 0.408 e.